The van der Waals surface area contributed by atoms with Crippen molar-refractivity contribution in [1.82, 2.24) is 0 Å². The third-order valence-corrected chi connectivity index (χ3v) is 3.56. The van der Waals surface area contributed by atoms with Crippen molar-refractivity contribution >= 4 is 39.1 Å². The molecule has 3 nitrogen and oxygen atoms in total. The molecule has 0 aliphatic rings. The largest absolute Gasteiger partial charge is 0.497 e. The van der Waals surface area contributed by atoms with Crippen LogP contribution in [0.4, 0.5) is 10.1 Å². The zero-order valence-corrected chi connectivity index (χ0v) is 12.8. The summed E-state index contributed by atoms with van der Waals surface area (Å²) in [6.45, 7) is 0. The fraction of sp³-hybridized carbons (Fsp3) is 0.0714. The summed E-state index contributed by atoms with van der Waals surface area (Å²) in [6, 6.07) is 9.31. The minimum absolute atomic E-state index is 0.0711. The number of methoxy groups -OCH3 is 1. The van der Waals surface area contributed by atoms with Crippen molar-refractivity contribution < 1.29 is 13.9 Å². The minimum atomic E-state index is -0.621. The van der Waals surface area contributed by atoms with Crippen LogP contribution in [0.5, 0.6) is 5.75 Å². The number of hydrogen-bond acceptors (Lipinski definition) is 2. The average Bonchev–Trinajstić information content (AvgIpc) is 2.44. The van der Waals surface area contributed by atoms with E-state index in [4.69, 9.17) is 16.3 Å². The van der Waals surface area contributed by atoms with Crippen molar-refractivity contribution in [1.29, 1.82) is 0 Å². The van der Waals surface area contributed by atoms with Crippen LogP contribution in [-0.2, 0) is 0 Å². The van der Waals surface area contributed by atoms with Gasteiger partial charge in [0, 0.05) is 6.07 Å². The average molecular weight is 359 g/mol. The van der Waals surface area contributed by atoms with Crippen LogP contribution in [0.3, 0.4) is 0 Å². The molecule has 2 rings (SSSR count). The van der Waals surface area contributed by atoms with E-state index in [1.54, 1.807) is 24.3 Å². The molecule has 0 atom stereocenters. The Morgan fingerprint density at radius 3 is 2.80 bits per heavy atom. The second-order valence-electron chi connectivity index (χ2n) is 3.90. The first-order valence-electron chi connectivity index (χ1n) is 5.62. The molecule has 6 heteroatoms. The van der Waals surface area contributed by atoms with E-state index >= 15 is 0 Å². The summed E-state index contributed by atoms with van der Waals surface area (Å²) in [5, 5.41) is 2.90. The highest BCUT2D eigenvalue weighted by molar-refractivity contribution is 9.10. The molecule has 0 saturated carbocycles. The van der Waals surface area contributed by atoms with E-state index in [0.29, 0.717) is 16.5 Å². The van der Waals surface area contributed by atoms with Gasteiger partial charge in [0.15, 0.2) is 0 Å². The van der Waals surface area contributed by atoms with E-state index < -0.39 is 11.7 Å². The van der Waals surface area contributed by atoms with Gasteiger partial charge in [-0.25, -0.2) is 4.39 Å². The molecule has 0 unspecified atom stereocenters. The van der Waals surface area contributed by atoms with Crippen molar-refractivity contribution in [3.63, 3.8) is 0 Å². The zero-order valence-electron chi connectivity index (χ0n) is 10.4. The summed E-state index contributed by atoms with van der Waals surface area (Å²) >= 11 is 9.02. The fourth-order valence-corrected chi connectivity index (χ4v) is 2.13. The van der Waals surface area contributed by atoms with Crippen LogP contribution >= 0.6 is 27.5 Å². The van der Waals surface area contributed by atoms with Gasteiger partial charge in [-0.2, -0.15) is 0 Å². The van der Waals surface area contributed by atoms with E-state index in [9.17, 15) is 9.18 Å². The van der Waals surface area contributed by atoms with E-state index in [-0.39, 0.29) is 10.0 Å². The molecule has 1 N–H and O–H groups in total. The summed E-state index contributed by atoms with van der Waals surface area (Å²) in [6.07, 6.45) is 0. The molecule has 2 aromatic carbocycles. The van der Waals surface area contributed by atoms with Crippen molar-refractivity contribution in [2.75, 3.05) is 12.4 Å². The van der Waals surface area contributed by atoms with Crippen LogP contribution < -0.4 is 10.1 Å². The second kappa shape index (κ2) is 6.24. The predicted molar refractivity (Wildman–Crippen MR) is 80.1 cm³/mol. The molecule has 1 amide bonds. The Hall–Kier alpha value is -1.59. The molecule has 0 saturated heterocycles. The zero-order chi connectivity index (χ0) is 14.7. The first kappa shape index (κ1) is 14.8. The van der Waals surface area contributed by atoms with Crippen LogP contribution in [0.15, 0.2) is 40.9 Å². The summed E-state index contributed by atoms with van der Waals surface area (Å²) < 4.78 is 19.1. The Morgan fingerprint density at radius 2 is 2.10 bits per heavy atom. The molecule has 104 valence electrons. The maximum atomic E-state index is 13.8. The third-order valence-electron chi connectivity index (χ3n) is 2.62. The first-order chi connectivity index (χ1) is 9.52. The van der Waals surface area contributed by atoms with Crippen molar-refractivity contribution in [2.24, 2.45) is 0 Å². The molecule has 0 aliphatic carbocycles. The Morgan fingerprint density at radius 1 is 1.35 bits per heavy atom. The summed E-state index contributed by atoms with van der Waals surface area (Å²) in [4.78, 5) is 12.1. The number of halogens is 3. The van der Waals surface area contributed by atoms with Crippen LogP contribution in [0.25, 0.3) is 0 Å². The number of carbonyl (C=O) groups is 1. The molecule has 0 radical (unpaired) electrons. The van der Waals surface area contributed by atoms with E-state index in [0.717, 1.165) is 0 Å². The quantitative estimate of drug-likeness (QED) is 0.877. The number of ether oxygens (including phenoxy) is 1. The normalized spacial score (nSPS) is 10.2. The maximum Gasteiger partial charge on any atom is 0.258 e. The fourth-order valence-electron chi connectivity index (χ4n) is 1.60. The smallest absolute Gasteiger partial charge is 0.258 e. The second-order valence-corrected chi connectivity index (χ2v) is 5.16. The SMILES string of the molecule is COc1ccc(Cl)c(NC(=O)c2cccc(Br)c2F)c1. The summed E-state index contributed by atoms with van der Waals surface area (Å²) in [5.41, 5.74) is 0.286. The standard InChI is InChI=1S/C14H10BrClFNO2/c1-20-8-5-6-11(16)12(7-8)18-14(19)9-3-2-4-10(15)13(9)17/h2-7H,1H3,(H,18,19). The molecule has 2 aromatic rings. The lowest BCUT2D eigenvalue weighted by Crippen LogP contribution is -2.14. The molecular weight excluding hydrogens is 349 g/mol. The van der Waals surface area contributed by atoms with Gasteiger partial charge >= 0.3 is 0 Å². The van der Waals surface area contributed by atoms with E-state index in [2.05, 4.69) is 21.2 Å². The highest BCUT2D eigenvalue weighted by atomic mass is 79.9. The predicted octanol–water partition coefficient (Wildman–Crippen LogP) is 4.50. The van der Waals surface area contributed by atoms with Crippen molar-refractivity contribution in [2.45, 2.75) is 0 Å². The number of hydrogen-bond donors (Lipinski definition) is 1. The number of nitrogens with one attached hydrogen (secondary N) is 1. The monoisotopic (exact) mass is 357 g/mol. The van der Waals surface area contributed by atoms with Crippen molar-refractivity contribution in [3.05, 3.63) is 57.3 Å². The van der Waals surface area contributed by atoms with Gasteiger partial charge in [-0.05, 0) is 40.2 Å². The van der Waals surface area contributed by atoms with Gasteiger partial charge in [-0.1, -0.05) is 17.7 Å². The molecule has 0 aliphatic heterocycles. The van der Waals surface area contributed by atoms with Gasteiger partial charge in [0.1, 0.15) is 11.6 Å². The van der Waals surface area contributed by atoms with Crippen molar-refractivity contribution in [3.8, 4) is 5.75 Å². The van der Waals surface area contributed by atoms with Gasteiger partial charge in [0.2, 0.25) is 0 Å². The number of rotatable bonds is 3. The van der Waals surface area contributed by atoms with Gasteiger partial charge in [-0.3, -0.25) is 4.79 Å². The lowest BCUT2D eigenvalue weighted by atomic mass is 10.2. The molecule has 0 fully saturated rings. The van der Waals surface area contributed by atoms with Gasteiger partial charge in [0.05, 0.1) is 27.9 Å². The molecule has 0 heterocycles. The Bertz CT molecular complexity index is 664. The Balaban J connectivity index is 2.30. The summed E-state index contributed by atoms with van der Waals surface area (Å²) in [7, 11) is 1.50. The Kier molecular flexibility index (Phi) is 4.62. The molecule has 0 spiro atoms. The van der Waals surface area contributed by atoms with E-state index in [1.807, 2.05) is 0 Å². The number of anilines is 1. The lowest BCUT2D eigenvalue weighted by Gasteiger charge is -2.10. The van der Waals surface area contributed by atoms with Crippen LogP contribution in [0.2, 0.25) is 5.02 Å². The first-order valence-corrected chi connectivity index (χ1v) is 6.79. The number of benzene rings is 2. The molecular formula is C14H10BrClFNO2. The van der Waals surface area contributed by atoms with Crippen LogP contribution in [0.1, 0.15) is 10.4 Å². The minimum Gasteiger partial charge on any atom is -0.497 e. The van der Waals surface area contributed by atoms with Gasteiger partial charge in [-0.15, -0.1) is 0 Å². The lowest BCUT2D eigenvalue weighted by molar-refractivity contribution is 0.102. The third kappa shape index (κ3) is 3.11. The number of carbonyl (C=O) groups excluding carboxylic acids is 1. The van der Waals surface area contributed by atoms with Crippen LogP contribution in [-0.4, -0.2) is 13.0 Å². The maximum absolute atomic E-state index is 13.8. The highest BCUT2D eigenvalue weighted by Gasteiger charge is 2.15. The van der Waals surface area contributed by atoms with Gasteiger partial charge < -0.3 is 10.1 Å². The molecule has 0 aromatic heterocycles. The van der Waals surface area contributed by atoms with Gasteiger partial charge in [0.25, 0.3) is 5.91 Å². The van der Waals surface area contributed by atoms with Crippen LogP contribution in [0, 0.1) is 5.82 Å². The molecule has 0 bridgehead atoms. The van der Waals surface area contributed by atoms with E-state index in [1.165, 1.54) is 19.2 Å². The topological polar surface area (TPSA) is 38.3 Å². The molecule has 20 heavy (non-hydrogen) atoms. The number of amides is 1. The summed E-state index contributed by atoms with van der Waals surface area (Å²) in [5.74, 6) is -0.664. The Labute approximate surface area is 128 Å². The highest BCUT2D eigenvalue weighted by Crippen LogP contribution is 2.27.